The average molecular weight is 781 g/mol. The summed E-state index contributed by atoms with van der Waals surface area (Å²) in [6.45, 7) is 11.5. The number of fused-ring (bicyclic) bond motifs is 1. The third-order valence-electron chi connectivity index (χ3n) is 10.4. The summed E-state index contributed by atoms with van der Waals surface area (Å²) >= 11 is 3.74. The van der Waals surface area contributed by atoms with Crippen LogP contribution in [0.25, 0.3) is 0 Å². The van der Waals surface area contributed by atoms with Crippen LogP contribution in [0.5, 0.6) is 0 Å². The summed E-state index contributed by atoms with van der Waals surface area (Å²) in [5, 5.41) is 13.6. The number of nitrogens with one attached hydrogen (secondary N) is 1. The number of aliphatic hydroxyl groups excluding tert-OH is 1. The van der Waals surface area contributed by atoms with Crippen molar-refractivity contribution in [1.82, 2.24) is 15.1 Å². The molecule has 2 N–H and O–H groups in total. The fourth-order valence-corrected chi connectivity index (χ4v) is 9.03. The molecule has 11 nitrogen and oxygen atoms in total. The van der Waals surface area contributed by atoms with E-state index in [9.17, 15) is 24.3 Å². The molecule has 3 aliphatic rings. The van der Waals surface area contributed by atoms with Crippen molar-refractivity contribution < 1.29 is 38.5 Å². The molecule has 0 aliphatic carbocycles. The van der Waals surface area contributed by atoms with Crippen molar-refractivity contribution in [1.29, 1.82) is 0 Å². The second-order valence-electron chi connectivity index (χ2n) is 14.1. The maximum absolute atomic E-state index is 14.9. The van der Waals surface area contributed by atoms with Crippen LogP contribution in [0.15, 0.2) is 86.0 Å². The van der Waals surface area contributed by atoms with Crippen LogP contribution in [0.4, 0.5) is 0 Å². The number of aliphatic hydroxyl groups is 1. The number of esters is 1. The molecular formula is C40H50BrN3O8. The van der Waals surface area contributed by atoms with Crippen LogP contribution in [-0.2, 0) is 39.9 Å². The van der Waals surface area contributed by atoms with Gasteiger partial charge in [-0.25, -0.2) is 0 Å². The van der Waals surface area contributed by atoms with Gasteiger partial charge in [-0.3, -0.25) is 19.2 Å². The molecule has 0 aromatic heterocycles. The molecule has 3 fully saturated rings. The Morgan fingerprint density at radius 2 is 1.79 bits per heavy atom. The van der Waals surface area contributed by atoms with Crippen LogP contribution in [-0.4, -0.2) is 100 Å². The van der Waals surface area contributed by atoms with Crippen molar-refractivity contribution in [2.45, 2.75) is 80.4 Å². The molecule has 52 heavy (non-hydrogen) atoms. The number of alkyl halides is 1. The minimum absolute atomic E-state index is 0.0438. The standard InChI is InChI=1S/C40H50BrN3O8/c1-6-8-19-31(46)42-29(24-50-5)34(27-17-13-10-14-18-27)51-39(49)32-33-37(47)44(30(23-45)25(3)4)36(40(33)21-28(41)35(32)52-40)38(48)43(20-7-2)22-26-15-11-9-12-16-26/h6-7,9-18,25,28-30,32-36,45H,1-2,8,19-24H2,3-5H3,(H,42,46)/t28?,29-,30+,32-,33+,34-,35-,36-,40+/m1/s1. The molecule has 2 bridgehead atoms. The van der Waals surface area contributed by atoms with Gasteiger partial charge in [0.15, 0.2) is 0 Å². The number of carbonyl (C=O) groups is 4. The van der Waals surface area contributed by atoms with Gasteiger partial charge in [0.05, 0.1) is 43.2 Å². The van der Waals surface area contributed by atoms with E-state index >= 15 is 0 Å². The van der Waals surface area contributed by atoms with E-state index in [0.717, 1.165) is 5.56 Å². The van der Waals surface area contributed by atoms with Gasteiger partial charge < -0.3 is 34.4 Å². The van der Waals surface area contributed by atoms with Crippen molar-refractivity contribution in [3.05, 3.63) is 97.1 Å². The van der Waals surface area contributed by atoms with E-state index in [1.165, 1.54) is 12.0 Å². The largest absolute Gasteiger partial charge is 0.455 e. The van der Waals surface area contributed by atoms with E-state index in [-0.39, 0.29) is 55.3 Å². The van der Waals surface area contributed by atoms with Gasteiger partial charge >= 0.3 is 5.97 Å². The van der Waals surface area contributed by atoms with Crippen LogP contribution in [0.3, 0.4) is 0 Å². The number of carbonyl (C=O) groups excluding carboxylic acids is 4. The predicted molar refractivity (Wildman–Crippen MR) is 199 cm³/mol. The quantitative estimate of drug-likeness (QED) is 0.130. The maximum atomic E-state index is 14.9. The molecule has 1 unspecified atom stereocenters. The Labute approximate surface area is 314 Å². The number of nitrogens with zero attached hydrogens (tertiary/aromatic N) is 2. The first kappa shape index (κ1) is 39.4. The first-order valence-electron chi connectivity index (χ1n) is 17.9. The fraction of sp³-hybridized carbons (Fsp3) is 0.500. The molecule has 2 aromatic carbocycles. The second-order valence-corrected chi connectivity index (χ2v) is 15.3. The highest BCUT2D eigenvalue weighted by atomic mass is 79.9. The highest BCUT2D eigenvalue weighted by Crippen LogP contribution is 2.61. The molecule has 3 saturated heterocycles. The number of amides is 3. The van der Waals surface area contributed by atoms with E-state index in [0.29, 0.717) is 18.4 Å². The Hall–Kier alpha value is -3.84. The Morgan fingerprint density at radius 1 is 1.12 bits per heavy atom. The zero-order chi connectivity index (χ0) is 37.6. The average Bonchev–Trinajstić information content (AvgIpc) is 3.73. The first-order valence-corrected chi connectivity index (χ1v) is 18.8. The number of likely N-dealkylation sites (tertiary alicyclic amines) is 1. The van der Waals surface area contributed by atoms with E-state index in [1.807, 2.05) is 62.4 Å². The van der Waals surface area contributed by atoms with E-state index < -0.39 is 59.6 Å². The summed E-state index contributed by atoms with van der Waals surface area (Å²) < 4.78 is 18.6. The van der Waals surface area contributed by atoms with E-state index in [2.05, 4.69) is 34.4 Å². The molecule has 9 atom stereocenters. The monoisotopic (exact) mass is 779 g/mol. The van der Waals surface area contributed by atoms with Gasteiger partial charge in [-0.2, -0.15) is 0 Å². The molecule has 0 saturated carbocycles. The van der Waals surface area contributed by atoms with Gasteiger partial charge in [-0.15, -0.1) is 13.2 Å². The van der Waals surface area contributed by atoms with Crippen molar-refractivity contribution >= 4 is 39.6 Å². The van der Waals surface area contributed by atoms with Gasteiger partial charge in [0.2, 0.25) is 17.7 Å². The Balaban J connectivity index is 1.54. The molecular weight excluding hydrogens is 730 g/mol. The zero-order valence-electron chi connectivity index (χ0n) is 30.1. The number of rotatable bonds is 18. The molecule has 3 heterocycles. The van der Waals surface area contributed by atoms with Crippen molar-refractivity contribution in [2.24, 2.45) is 17.8 Å². The third-order valence-corrected chi connectivity index (χ3v) is 11.3. The minimum atomic E-state index is -1.37. The second kappa shape index (κ2) is 17.3. The third kappa shape index (κ3) is 7.76. The number of benzene rings is 2. The lowest BCUT2D eigenvalue weighted by atomic mass is 9.70. The van der Waals surface area contributed by atoms with Gasteiger partial charge in [0, 0.05) is 31.4 Å². The van der Waals surface area contributed by atoms with Gasteiger partial charge in [0.25, 0.3) is 0 Å². The summed E-state index contributed by atoms with van der Waals surface area (Å²) in [7, 11) is 1.50. The number of ether oxygens (including phenoxy) is 3. The lowest BCUT2D eigenvalue weighted by molar-refractivity contribution is -0.163. The molecule has 0 radical (unpaired) electrons. The molecule has 5 rings (SSSR count). The predicted octanol–water partition coefficient (Wildman–Crippen LogP) is 4.35. The summed E-state index contributed by atoms with van der Waals surface area (Å²) in [6, 6.07) is 16.0. The smallest absolute Gasteiger partial charge is 0.313 e. The lowest BCUT2D eigenvalue weighted by Crippen LogP contribution is -2.59. The van der Waals surface area contributed by atoms with Crippen molar-refractivity contribution in [3.8, 4) is 0 Å². The highest BCUT2D eigenvalue weighted by molar-refractivity contribution is 9.09. The van der Waals surface area contributed by atoms with Gasteiger partial charge in [-0.1, -0.05) is 103 Å². The molecule has 2 aromatic rings. The Morgan fingerprint density at radius 3 is 2.38 bits per heavy atom. The molecule has 1 spiro atoms. The molecule has 280 valence electrons. The van der Waals surface area contributed by atoms with Crippen molar-refractivity contribution in [2.75, 3.05) is 26.9 Å². The number of methoxy groups -OCH3 is 1. The Kier molecular flexibility index (Phi) is 13.1. The van der Waals surface area contributed by atoms with E-state index in [1.54, 1.807) is 29.2 Å². The molecule has 3 amide bonds. The number of halogens is 1. The first-order chi connectivity index (χ1) is 25.0. The van der Waals surface area contributed by atoms with Crippen LogP contribution < -0.4 is 5.32 Å². The van der Waals surface area contributed by atoms with Crippen LogP contribution in [0, 0.1) is 17.8 Å². The SMILES string of the molecule is C=CCCC(=O)N[C@H](COC)[C@H](OC(=O)[C@H]1[C@@H]2O[C@@]3(CC2Br)[C@@H]1C(=O)N([C@@H](CO)C(C)C)[C@@H]3C(=O)N(CC=C)Cc1ccccc1)c1ccccc1. The molecule has 12 heteroatoms. The van der Waals surface area contributed by atoms with Crippen LogP contribution in [0.2, 0.25) is 0 Å². The summed E-state index contributed by atoms with van der Waals surface area (Å²) in [4.78, 5) is 60.0. The number of hydrogen-bond acceptors (Lipinski definition) is 8. The van der Waals surface area contributed by atoms with Gasteiger partial charge in [0.1, 0.15) is 17.7 Å². The number of hydrogen-bond donors (Lipinski definition) is 2. The number of allylic oxidation sites excluding steroid dienone is 1. The topological polar surface area (TPSA) is 135 Å². The minimum Gasteiger partial charge on any atom is -0.455 e. The van der Waals surface area contributed by atoms with Crippen LogP contribution >= 0.6 is 15.9 Å². The maximum Gasteiger partial charge on any atom is 0.313 e. The van der Waals surface area contributed by atoms with Gasteiger partial charge in [-0.05, 0) is 29.9 Å². The van der Waals surface area contributed by atoms with E-state index in [4.69, 9.17) is 14.2 Å². The lowest BCUT2D eigenvalue weighted by Gasteiger charge is -2.40. The van der Waals surface area contributed by atoms with Crippen molar-refractivity contribution in [3.63, 3.8) is 0 Å². The van der Waals surface area contributed by atoms with Crippen LogP contribution in [0.1, 0.15) is 50.3 Å². The summed E-state index contributed by atoms with van der Waals surface area (Å²) in [6.07, 6.45) is 2.51. The fourth-order valence-electron chi connectivity index (χ4n) is 8.08. The molecule has 3 aliphatic heterocycles. The zero-order valence-corrected chi connectivity index (χ0v) is 31.7. The Bertz CT molecular complexity index is 1590. The normalized spacial score (nSPS) is 26.4. The highest BCUT2D eigenvalue weighted by Gasteiger charge is 2.77. The summed E-state index contributed by atoms with van der Waals surface area (Å²) in [5.41, 5.74) is 0.155. The summed E-state index contributed by atoms with van der Waals surface area (Å²) in [5.74, 6) is -4.07.